The molecule has 140 valence electrons. The van der Waals surface area contributed by atoms with Gasteiger partial charge in [-0.3, -0.25) is 4.79 Å². The highest BCUT2D eigenvalue weighted by Crippen LogP contribution is 2.28. The molecule has 1 heterocycles. The molecular formula is C19H23NO6. The zero-order chi connectivity index (χ0) is 18.9. The van der Waals surface area contributed by atoms with Crippen LogP contribution < -0.4 is 14.8 Å². The van der Waals surface area contributed by atoms with Crippen molar-refractivity contribution in [2.45, 2.75) is 26.8 Å². The van der Waals surface area contributed by atoms with Crippen LogP contribution in [0.3, 0.4) is 0 Å². The van der Waals surface area contributed by atoms with E-state index in [1.807, 2.05) is 13.8 Å². The molecule has 1 N–H and O–H groups in total. The molecule has 1 aromatic carbocycles. The van der Waals surface area contributed by atoms with Gasteiger partial charge in [-0.2, -0.15) is 0 Å². The number of ether oxygens (including phenoxy) is 3. The van der Waals surface area contributed by atoms with E-state index in [-0.39, 0.29) is 18.2 Å². The molecule has 0 saturated carbocycles. The molecule has 0 aliphatic heterocycles. The first kappa shape index (κ1) is 19.4. The van der Waals surface area contributed by atoms with Gasteiger partial charge in [0.25, 0.3) is 5.91 Å². The molecule has 0 bridgehead atoms. The first-order valence-electron chi connectivity index (χ1n) is 8.44. The van der Waals surface area contributed by atoms with Crippen molar-refractivity contribution in [2.24, 2.45) is 0 Å². The number of carbonyl (C=O) groups excluding carboxylic acids is 2. The minimum atomic E-state index is -0.616. The first-order chi connectivity index (χ1) is 12.5. The van der Waals surface area contributed by atoms with E-state index in [9.17, 15) is 9.59 Å². The van der Waals surface area contributed by atoms with E-state index in [0.29, 0.717) is 30.5 Å². The minimum absolute atomic E-state index is 0.281. The maximum absolute atomic E-state index is 12.2. The summed E-state index contributed by atoms with van der Waals surface area (Å²) in [5.41, 5.74) is 0.281. The lowest BCUT2D eigenvalue weighted by atomic mass is 10.2. The molecule has 0 spiro atoms. The third-order valence-electron chi connectivity index (χ3n) is 3.46. The van der Waals surface area contributed by atoms with Crippen LogP contribution in [-0.2, 0) is 9.53 Å². The largest absolute Gasteiger partial charge is 0.490 e. The Balaban J connectivity index is 1.92. The van der Waals surface area contributed by atoms with Crippen molar-refractivity contribution in [2.75, 3.05) is 19.8 Å². The topological polar surface area (TPSA) is 87.0 Å². The fraction of sp³-hybridized carbons (Fsp3) is 0.368. The van der Waals surface area contributed by atoms with Crippen molar-refractivity contribution in [1.29, 1.82) is 0 Å². The zero-order valence-electron chi connectivity index (χ0n) is 15.1. The van der Waals surface area contributed by atoms with Gasteiger partial charge in [0.15, 0.2) is 18.1 Å². The van der Waals surface area contributed by atoms with Gasteiger partial charge in [0.2, 0.25) is 0 Å². The average Bonchev–Trinajstić information content (AvgIpc) is 3.16. The van der Waals surface area contributed by atoms with E-state index in [0.717, 1.165) is 0 Å². The van der Waals surface area contributed by atoms with Crippen LogP contribution in [0.2, 0.25) is 0 Å². The van der Waals surface area contributed by atoms with Gasteiger partial charge in [-0.05, 0) is 51.1 Å². The maximum Gasteiger partial charge on any atom is 0.338 e. The molecule has 0 saturated heterocycles. The SMILES string of the molecule is CCOc1ccc(C(=O)OCC(=O)N[C@H](C)c2ccco2)cc1OCC. The molecule has 7 heteroatoms. The molecule has 2 rings (SSSR count). The van der Waals surface area contributed by atoms with Crippen molar-refractivity contribution in [3.8, 4) is 11.5 Å². The molecule has 0 fully saturated rings. The van der Waals surface area contributed by atoms with Gasteiger partial charge in [-0.1, -0.05) is 0 Å². The highest BCUT2D eigenvalue weighted by atomic mass is 16.5. The van der Waals surface area contributed by atoms with Gasteiger partial charge in [0.1, 0.15) is 5.76 Å². The lowest BCUT2D eigenvalue weighted by Crippen LogP contribution is -2.31. The van der Waals surface area contributed by atoms with Crippen molar-refractivity contribution < 1.29 is 28.2 Å². The Bertz CT molecular complexity index is 726. The van der Waals surface area contributed by atoms with E-state index >= 15 is 0 Å². The monoisotopic (exact) mass is 361 g/mol. The van der Waals surface area contributed by atoms with Gasteiger partial charge in [0.05, 0.1) is 31.1 Å². The number of nitrogens with one attached hydrogen (secondary N) is 1. The summed E-state index contributed by atoms with van der Waals surface area (Å²) < 4.78 is 21.2. The summed E-state index contributed by atoms with van der Waals surface area (Å²) in [7, 11) is 0. The number of carbonyl (C=O) groups is 2. The molecule has 0 aliphatic rings. The van der Waals surface area contributed by atoms with Gasteiger partial charge >= 0.3 is 5.97 Å². The molecule has 1 amide bonds. The van der Waals surface area contributed by atoms with Gasteiger partial charge < -0.3 is 23.9 Å². The number of hydrogen-bond acceptors (Lipinski definition) is 6. The smallest absolute Gasteiger partial charge is 0.338 e. The molecule has 2 aromatic rings. The Kier molecular flexibility index (Phi) is 7.08. The third-order valence-corrected chi connectivity index (χ3v) is 3.46. The standard InChI is InChI=1S/C19H23NO6/c1-4-23-16-9-8-14(11-17(16)24-5-2)19(22)26-12-18(21)20-13(3)15-7-6-10-25-15/h6-11,13H,4-5,12H2,1-3H3,(H,20,21)/t13-/m1/s1. The maximum atomic E-state index is 12.2. The summed E-state index contributed by atoms with van der Waals surface area (Å²) in [6.45, 7) is 6.01. The second kappa shape index (κ2) is 9.50. The van der Waals surface area contributed by atoms with Crippen molar-refractivity contribution in [3.05, 3.63) is 47.9 Å². The van der Waals surface area contributed by atoms with E-state index in [1.165, 1.54) is 6.26 Å². The fourth-order valence-electron chi connectivity index (χ4n) is 2.28. The van der Waals surface area contributed by atoms with E-state index < -0.39 is 11.9 Å². The van der Waals surface area contributed by atoms with Crippen LogP contribution in [0.15, 0.2) is 41.0 Å². The van der Waals surface area contributed by atoms with Crippen LogP contribution >= 0.6 is 0 Å². The fourth-order valence-corrected chi connectivity index (χ4v) is 2.28. The third kappa shape index (κ3) is 5.27. The van der Waals surface area contributed by atoms with Crippen LogP contribution in [-0.4, -0.2) is 31.7 Å². The molecular weight excluding hydrogens is 338 g/mol. The number of rotatable bonds is 9. The van der Waals surface area contributed by atoms with E-state index in [2.05, 4.69) is 5.32 Å². The molecule has 7 nitrogen and oxygen atoms in total. The Hall–Kier alpha value is -2.96. The average molecular weight is 361 g/mol. The Morgan fingerprint density at radius 1 is 1.12 bits per heavy atom. The van der Waals surface area contributed by atoms with Crippen molar-refractivity contribution in [1.82, 2.24) is 5.32 Å². The molecule has 0 unspecified atom stereocenters. The summed E-state index contributed by atoms with van der Waals surface area (Å²) in [6.07, 6.45) is 1.53. The lowest BCUT2D eigenvalue weighted by molar-refractivity contribution is -0.125. The lowest BCUT2D eigenvalue weighted by Gasteiger charge is -2.13. The Labute approximate surface area is 152 Å². The normalized spacial score (nSPS) is 11.5. The predicted octanol–water partition coefficient (Wildman–Crippen LogP) is 3.11. The van der Waals surface area contributed by atoms with Crippen LogP contribution in [0.5, 0.6) is 11.5 Å². The minimum Gasteiger partial charge on any atom is -0.490 e. The zero-order valence-corrected chi connectivity index (χ0v) is 15.1. The summed E-state index contributed by atoms with van der Waals surface area (Å²) in [4.78, 5) is 24.1. The predicted molar refractivity (Wildman–Crippen MR) is 94.3 cm³/mol. The molecule has 26 heavy (non-hydrogen) atoms. The quantitative estimate of drug-likeness (QED) is 0.691. The summed E-state index contributed by atoms with van der Waals surface area (Å²) in [6, 6.07) is 7.93. The number of benzene rings is 1. The van der Waals surface area contributed by atoms with E-state index in [1.54, 1.807) is 37.3 Å². The summed E-state index contributed by atoms with van der Waals surface area (Å²) in [5, 5.41) is 2.69. The summed E-state index contributed by atoms with van der Waals surface area (Å²) in [5.74, 6) is 0.598. The second-order valence-corrected chi connectivity index (χ2v) is 5.41. The van der Waals surface area contributed by atoms with Crippen LogP contribution in [0, 0.1) is 0 Å². The molecule has 0 aliphatic carbocycles. The number of amides is 1. The van der Waals surface area contributed by atoms with Crippen molar-refractivity contribution >= 4 is 11.9 Å². The van der Waals surface area contributed by atoms with Gasteiger partial charge in [-0.15, -0.1) is 0 Å². The second-order valence-electron chi connectivity index (χ2n) is 5.41. The Morgan fingerprint density at radius 2 is 1.85 bits per heavy atom. The highest BCUT2D eigenvalue weighted by molar-refractivity contribution is 5.92. The van der Waals surface area contributed by atoms with Crippen LogP contribution in [0.25, 0.3) is 0 Å². The van der Waals surface area contributed by atoms with Gasteiger partial charge in [0, 0.05) is 0 Å². The number of esters is 1. The molecule has 0 radical (unpaired) electrons. The van der Waals surface area contributed by atoms with Crippen LogP contribution in [0.4, 0.5) is 0 Å². The number of furan rings is 1. The molecule has 1 atom stereocenters. The van der Waals surface area contributed by atoms with E-state index in [4.69, 9.17) is 18.6 Å². The van der Waals surface area contributed by atoms with Crippen molar-refractivity contribution in [3.63, 3.8) is 0 Å². The van der Waals surface area contributed by atoms with Crippen LogP contribution in [0.1, 0.15) is 42.9 Å². The summed E-state index contributed by atoms with van der Waals surface area (Å²) >= 11 is 0. The molecule has 1 aromatic heterocycles. The van der Waals surface area contributed by atoms with Gasteiger partial charge in [-0.25, -0.2) is 4.79 Å². The first-order valence-corrected chi connectivity index (χ1v) is 8.44. The Morgan fingerprint density at radius 3 is 2.50 bits per heavy atom. The number of hydrogen-bond donors (Lipinski definition) is 1. The highest BCUT2D eigenvalue weighted by Gasteiger charge is 2.16.